The van der Waals surface area contributed by atoms with Crippen molar-refractivity contribution < 1.29 is 18.8 Å². The molecule has 0 saturated carbocycles. The highest BCUT2D eigenvalue weighted by atomic mass is 35.5. The third kappa shape index (κ3) is 4.06. The van der Waals surface area contributed by atoms with Crippen LogP contribution in [0.25, 0.3) is 0 Å². The molecule has 0 atom stereocenters. The van der Waals surface area contributed by atoms with E-state index < -0.39 is 0 Å². The minimum atomic E-state index is -0.167. The van der Waals surface area contributed by atoms with Gasteiger partial charge in [-0.05, 0) is 12.1 Å². The van der Waals surface area contributed by atoms with E-state index in [0.717, 1.165) is 0 Å². The summed E-state index contributed by atoms with van der Waals surface area (Å²) >= 11 is 11.9. The highest BCUT2D eigenvalue weighted by Gasteiger charge is 2.10. The molecule has 0 spiro atoms. The number of nitrogens with zero attached hydrogens (tertiary/aromatic N) is 2. The topological polar surface area (TPSA) is 62.7 Å². The van der Waals surface area contributed by atoms with E-state index in [2.05, 4.69) is 9.97 Å². The monoisotopic (exact) mass is 328 g/mol. The summed E-state index contributed by atoms with van der Waals surface area (Å²) in [6.45, 7) is 0. The normalized spacial score (nSPS) is 9.90. The van der Waals surface area contributed by atoms with Crippen molar-refractivity contribution in [2.45, 2.75) is 0 Å². The maximum Gasteiger partial charge on any atom is 0.578 e. The molecule has 2 aromatic heterocycles. The lowest BCUT2D eigenvalue weighted by Gasteiger charge is -2.10. The van der Waals surface area contributed by atoms with Crippen molar-refractivity contribution >= 4 is 30.9 Å². The van der Waals surface area contributed by atoms with E-state index in [1.54, 1.807) is 24.3 Å². The van der Waals surface area contributed by atoms with Crippen LogP contribution in [0.1, 0.15) is 0 Å². The zero-order chi connectivity index (χ0) is 15.2. The standard InChI is InChI=1S/C12H11BCl2N2O4/c1-18-9-5-3-7(14)11(16-9)20-13-21-12-8(15)4-6-10(17-12)19-2/h3-6,13H,1-2H3. The summed E-state index contributed by atoms with van der Waals surface area (Å²) in [6, 6.07) is 6.46. The van der Waals surface area contributed by atoms with Crippen LogP contribution in [0.5, 0.6) is 23.5 Å². The predicted octanol–water partition coefficient (Wildman–Crippen LogP) is 2.52. The number of aromatic nitrogens is 2. The molecule has 0 aliphatic rings. The van der Waals surface area contributed by atoms with Crippen molar-refractivity contribution in [2.75, 3.05) is 14.2 Å². The molecule has 2 rings (SSSR count). The minimum absolute atomic E-state index is 0.167. The van der Waals surface area contributed by atoms with Gasteiger partial charge in [0, 0.05) is 12.1 Å². The second-order valence-electron chi connectivity index (χ2n) is 3.69. The van der Waals surface area contributed by atoms with Crippen LogP contribution in [0.2, 0.25) is 10.0 Å². The largest absolute Gasteiger partial charge is 0.578 e. The maximum absolute atomic E-state index is 5.95. The van der Waals surface area contributed by atoms with Gasteiger partial charge in [0.25, 0.3) is 0 Å². The van der Waals surface area contributed by atoms with Crippen LogP contribution < -0.4 is 18.8 Å². The van der Waals surface area contributed by atoms with Crippen LogP contribution in [-0.2, 0) is 0 Å². The Bertz CT molecular complexity index is 577. The Hall–Kier alpha value is -1.86. The van der Waals surface area contributed by atoms with Crippen molar-refractivity contribution in [2.24, 2.45) is 0 Å². The molecule has 2 heterocycles. The second-order valence-corrected chi connectivity index (χ2v) is 4.50. The van der Waals surface area contributed by atoms with Crippen molar-refractivity contribution in [3.8, 4) is 23.5 Å². The van der Waals surface area contributed by atoms with Crippen molar-refractivity contribution in [3.05, 3.63) is 34.3 Å². The average molecular weight is 329 g/mol. The van der Waals surface area contributed by atoms with Gasteiger partial charge in [-0.1, -0.05) is 23.2 Å². The molecule has 0 amide bonds. The van der Waals surface area contributed by atoms with Crippen molar-refractivity contribution in [1.82, 2.24) is 9.97 Å². The molecular formula is C12H11BCl2N2O4. The summed E-state index contributed by atoms with van der Waals surface area (Å²) in [5.41, 5.74) is 0. The van der Waals surface area contributed by atoms with Gasteiger partial charge in [-0.25, -0.2) is 0 Å². The Balaban J connectivity index is 2.01. The number of hydrogen-bond donors (Lipinski definition) is 0. The molecule has 0 unspecified atom stereocenters. The van der Waals surface area contributed by atoms with Crippen LogP contribution >= 0.6 is 23.2 Å². The molecule has 0 aliphatic carbocycles. The van der Waals surface area contributed by atoms with Gasteiger partial charge in [0.1, 0.15) is 10.0 Å². The lowest BCUT2D eigenvalue weighted by molar-refractivity contribution is 0.378. The first-order chi connectivity index (χ1) is 10.1. The van der Waals surface area contributed by atoms with E-state index in [-0.39, 0.29) is 19.4 Å². The third-order valence-electron chi connectivity index (χ3n) is 2.39. The molecular weight excluding hydrogens is 318 g/mol. The molecule has 21 heavy (non-hydrogen) atoms. The van der Waals surface area contributed by atoms with Gasteiger partial charge < -0.3 is 18.8 Å². The Morgan fingerprint density at radius 1 is 0.810 bits per heavy atom. The van der Waals surface area contributed by atoms with Gasteiger partial charge in [0.2, 0.25) is 23.5 Å². The molecule has 2 aromatic rings. The van der Waals surface area contributed by atoms with Crippen LogP contribution in [0, 0.1) is 0 Å². The Kier molecular flexibility index (Phi) is 5.35. The molecule has 0 fully saturated rings. The highest BCUT2D eigenvalue weighted by Crippen LogP contribution is 2.26. The average Bonchev–Trinajstić information content (AvgIpc) is 2.51. The van der Waals surface area contributed by atoms with Crippen LogP contribution in [0.3, 0.4) is 0 Å². The quantitative estimate of drug-likeness (QED) is 0.759. The number of halogens is 2. The SMILES string of the molecule is COc1ccc(Cl)c(OBOc2nc(OC)ccc2Cl)n1. The van der Waals surface area contributed by atoms with E-state index in [1.807, 2.05) is 0 Å². The molecule has 0 radical (unpaired) electrons. The van der Waals surface area contributed by atoms with Crippen LogP contribution in [-0.4, -0.2) is 31.9 Å². The van der Waals surface area contributed by atoms with E-state index in [0.29, 0.717) is 21.8 Å². The van der Waals surface area contributed by atoms with E-state index in [1.165, 1.54) is 14.2 Å². The number of ether oxygens (including phenoxy) is 2. The minimum Gasteiger partial charge on any atom is -0.513 e. The molecule has 0 aromatic carbocycles. The number of rotatable bonds is 6. The van der Waals surface area contributed by atoms with Crippen LogP contribution in [0.4, 0.5) is 0 Å². The lowest BCUT2D eigenvalue weighted by Crippen LogP contribution is -2.13. The molecule has 0 N–H and O–H groups in total. The predicted molar refractivity (Wildman–Crippen MR) is 80.0 cm³/mol. The zero-order valence-corrected chi connectivity index (χ0v) is 12.8. The smallest absolute Gasteiger partial charge is 0.513 e. The Labute approximate surface area is 132 Å². The van der Waals surface area contributed by atoms with E-state index in [9.17, 15) is 0 Å². The summed E-state index contributed by atoms with van der Waals surface area (Å²) < 4.78 is 20.6. The van der Waals surface area contributed by atoms with Crippen molar-refractivity contribution in [1.29, 1.82) is 0 Å². The zero-order valence-electron chi connectivity index (χ0n) is 11.3. The van der Waals surface area contributed by atoms with Gasteiger partial charge in [-0.3, -0.25) is 0 Å². The summed E-state index contributed by atoms with van der Waals surface area (Å²) in [4.78, 5) is 8.09. The number of hydrogen-bond acceptors (Lipinski definition) is 6. The van der Waals surface area contributed by atoms with Gasteiger partial charge in [-0.2, -0.15) is 9.97 Å². The summed E-state index contributed by atoms with van der Waals surface area (Å²) in [7, 11) is 2.83. The molecule has 9 heteroatoms. The fourth-order valence-corrected chi connectivity index (χ4v) is 1.70. The number of pyridine rings is 2. The van der Waals surface area contributed by atoms with Gasteiger partial charge in [-0.15, -0.1) is 0 Å². The Morgan fingerprint density at radius 3 is 1.62 bits per heavy atom. The molecule has 110 valence electrons. The third-order valence-corrected chi connectivity index (χ3v) is 2.96. The first kappa shape index (κ1) is 15.5. The first-order valence-electron chi connectivity index (χ1n) is 5.80. The van der Waals surface area contributed by atoms with E-state index in [4.69, 9.17) is 42.0 Å². The molecule has 6 nitrogen and oxygen atoms in total. The summed E-state index contributed by atoms with van der Waals surface area (Å²) in [6.07, 6.45) is 0. The summed E-state index contributed by atoms with van der Waals surface area (Å²) in [5, 5.41) is 0.674. The fraction of sp³-hybridized carbons (Fsp3) is 0.167. The maximum atomic E-state index is 5.95. The molecule has 0 saturated heterocycles. The molecule has 0 bridgehead atoms. The number of methoxy groups -OCH3 is 2. The lowest BCUT2D eigenvalue weighted by atomic mass is 10.3. The molecule has 0 aliphatic heterocycles. The highest BCUT2D eigenvalue weighted by molar-refractivity contribution is 6.33. The van der Waals surface area contributed by atoms with Crippen molar-refractivity contribution in [3.63, 3.8) is 0 Å². The van der Waals surface area contributed by atoms with E-state index >= 15 is 0 Å². The first-order valence-corrected chi connectivity index (χ1v) is 6.56. The van der Waals surface area contributed by atoms with Gasteiger partial charge in [0.15, 0.2) is 0 Å². The van der Waals surface area contributed by atoms with Gasteiger partial charge >= 0.3 is 7.69 Å². The second kappa shape index (κ2) is 7.24. The van der Waals surface area contributed by atoms with Crippen LogP contribution in [0.15, 0.2) is 24.3 Å². The Morgan fingerprint density at radius 2 is 1.24 bits per heavy atom. The fourth-order valence-electron chi connectivity index (χ4n) is 1.38. The van der Waals surface area contributed by atoms with Gasteiger partial charge in [0.05, 0.1) is 14.2 Å². The summed E-state index contributed by atoms with van der Waals surface area (Å²) in [5.74, 6) is 1.14.